The van der Waals surface area contributed by atoms with Gasteiger partial charge in [-0.3, -0.25) is 9.59 Å². The van der Waals surface area contributed by atoms with Crippen molar-refractivity contribution in [1.82, 2.24) is 15.6 Å². The Balaban J connectivity index is 1.67. The molecule has 0 fully saturated rings. The van der Waals surface area contributed by atoms with Crippen LogP contribution in [0, 0.1) is 0 Å². The summed E-state index contributed by atoms with van der Waals surface area (Å²) in [5.74, 6) is -0.756. The van der Waals surface area contributed by atoms with E-state index in [4.69, 9.17) is 9.15 Å². The number of esters is 1. The highest BCUT2D eigenvalue weighted by Gasteiger charge is 2.19. The largest absolute Gasteiger partial charge is 0.452 e. The molecule has 0 unspecified atom stereocenters. The second-order valence-electron chi connectivity index (χ2n) is 6.25. The number of benzene rings is 2. The molecule has 2 aromatic carbocycles. The number of likely N-dealkylation sites (N-methyl/N-ethyl adjacent to an activating group) is 1. The third-order valence-electron chi connectivity index (χ3n) is 4.10. The molecular weight excluding hydrogens is 386 g/mol. The Labute approximate surface area is 173 Å². The predicted molar refractivity (Wildman–Crippen MR) is 109 cm³/mol. The van der Waals surface area contributed by atoms with Crippen molar-refractivity contribution in [2.24, 2.45) is 0 Å². The SMILES string of the molecule is CCNC(=O)CNC(=O)COC(=O)c1ccccc1-c1ncc(-c2ccccc2)o1. The molecule has 0 radical (unpaired) electrons. The molecule has 1 aromatic heterocycles. The van der Waals surface area contributed by atoms with E-state index in [1.54, 1.807) is 37.4 Å². The lowest BCUT2D eigenvalue weighted by Crippen LogP contribution is -2.38. The Morgan fingerprint density at radius 3 is 2.47 bits per heavy atom. The Morgan fingerprint density at radius 1 is 0.967 bits per heavy atom. The standard InChI is InChI=1S/C22H21N3O5/c1-2-23-19(26)13-24-20(27)14-29-22(28)17-11-7-6-10-16(17)21-25-12-18(30-21)15-8-4-3-5-9-15/h3-12H,2,13-14H2,1H3,(H,23,26)(H,24,27). The van der Waals surface area contributed by atoms with E-state index in [-0.39, 0.29) is 23.9 Å². The van der Waals surface area contributed by atoms with E-state index in [9.17, 15) is 14.4 Å². The van der Waals surface area contributed by atoms with Gasteiger partial charge in [0.1, 0.15) is 0 Å². The molecule has 2 amide bonds. The molecule has 0 bridgehead atoms. The summed E-state index contributed by atoms with van der Waals surface area (Å²) in [6, 6.07) is 16.1. The van der Waals surface area contributed by atoms with Crippen LogP contribution < -0.4 is 10.6 Å². The monoisotopic (exact) mass is 407 g/mol. The molecule has 154 valence electrons. The van der Waals surface area contributed by atoms with Gasteiger partial charge in [-0.15, -0.1) is 0 Å². The zero-order valence-electron chi connectivity index (χ0n) is 16.4. The van der Waals surface area contributed by atoms with Crippen molar-refractivity contribution < 1.29 is 23.5 Å². The van der Waals surface area contributed by atoms with Gasteiger partial charge in [0.25, 0.3) is 5.91 Å². The van der Waals surface area contributed by atoms with Gasteiger partial charge in [-0.25, -0.2) is 9.78 Å². The zero-order valence-corrected chi connectivity index (χ0v) is 16.4. The van der Waals surface area contributed by atoms with Gasteiger partial charge in [-0.1, -0.05) is 42.5 Å². The lowest BCUT2D eigenvalue weighted by molar-refractivity contribution is -0.127. The topological polar surface area (TPSA) is 111 Å². The fourth-order valence-corrected chi connectivity index (χ4v) is 2.68. The van der Waals surface area contributed by atoms with Crippen LogP contribution in [0.1, 0.15) is 17.3 Å². The summed E-state index contributed by atoms with van der Waals surface area (Å²) in [6.07, 6.45) is 1.58. The summed E-state index contributed by atoms with van der Waals surface area (Å²) in [4.78, 5) is 39.9. The van der Waals surface area contributed by atoms with Crippen LogP contribution in [0.3, 0.4) is 0 Å². The molecule has 0 saturated heterocycles. The smallest absolute Gasteiger partial charge is 0.339 e. The van der Waals surface area contributed by atoms with Gasteiger partial charge in [-0.05, 0) is 19.1 Å². The number of rotatable bonds is 8. The van der Waals surface area contributed by atoms with Gasteiger partial charge in [0.15, 0.2) is 12.4 Å². The number of amides is 2. The normalized spacial score (nSPS) is 10.3. The summed E-state index contributed by atoms with van der Waals surface area (Å²) in [6.45, 7) is 1.55. The van der Waals surface area contributed by atoms with Crippen LogP contribution in [0.4, 0.5) is 0 Å². The molecule has 0 aliphatic heterocycles. The first-order valence-electron chi connectivity index (χ1n) is 9.39. The molecule has 0 aliphatic rings. The third-order valence-corrected chi connectivity index (χ3v) is 4.10. The number of nitrogens with zero attached hydrogens (tertiary/aromatic N) is 1. The van der Waals surface area contributed by atoms with Crippen molar-refractivity contribution in [3.63, 3.8) is 0 Å². The highest BCUT2D eigenvalue weighted by molar-refractivity contribution is 5.97. The lowest BCUT2D eigenvalue weighted by Gasteiger charge is -2.08. The van der Waals surface area contributed by atoms with Gasteiger partial charge >= 0.3 is 5.97 Å². The van der Waals surface area contributed by atoms with E-state index in [1.807, 2.05) is 30.3 Å². The van der Waals surface area contributed by atoms with E-state index >= 15 is 0 Å². The van der Waals surface area contributed by atoms with Gasteiger partial charge in [-0.2, -0.15) is 0 Å². The number of aromatic nitrogens is 1. The molecule has 0 aliphatic carbocycles. The van der Waals surface area contributed by atoms with Crippen LogP contribution in [0.5, 0.6) is 0 Å². The minimum Gasteiger partial charge on any atom is -0.452 e. The average Bonchev–Trinajstić information content (AvgIpc) is 3.27. The first-order valence-corrected chi connectivity index (χ1v) is 9.39. The van der Waals surface area contributed by atoms with E-state index in [1.165, 1.54) is 0 Å². The highest BCUT2D eigenvalue weighted by atomic mass is 16.5. The van der Waals surface area contributed by atoms with Gasteiger partial charge in [0.2, 0.25) is 11.8 Å². The summed E-state index contributed by atoms with van der Waals surface area (Å²) < 4.78 is 10.9. The van der Waals surface area contributed by atoms with E-state index < -0.39 is 18.5 Å². The molecule has 8 nitrogen and oxygen atoms in total. The van der Waals surface area contributed by atoms with Gasteiger partial charge < -0.3 is 19.8 Å². The Kier molecular flexibility index (Phi) is 6.94. The van der Waals surface area contributed by atoms with Crippen molar-refractivity contribution in [1.29, 1.82) is 0 Å². The van der Waals surface area contributed by atoms with Crippen molar-refractivity contribution in [2.45, 2.75) is 6.92 Å². The zero-order chi connectivity index (χ0) is 21.3. The van der Waals surface area contributed by atoms with Crippen molar-refractivity contribution >= 4 is 17.8 Å². The van der Waals surface area contributed by atoms with Gasteiger partial charge in [0, 0.05) is 12.1 Å². The molecule has 3 aromatic rings. The Hall–Kier alpha value is -3.94. The summed E-state index contributed by atoms with van der Waals surface area (Å²) in [5.41, 5.74) is 1.53. The van der Waals surface area contributed by atoms with Crippen LogP contribution in [-0.2, 0) is 14.3 Å². The number of ether oxygens (including phenoxy) is 1. The quantitative estimate of drug-likeness (QED) is 0.555. The molecule has 0 atom stereocenters. The Morgan fingerprint density at radius 2 is 1.70 bits per heavy atom. The van der Waals surface area contributed by atoms with Crippen LogP contribution >= 0.6 is 0 Å². The van der Waals surface area contributed by atoms with Crippen LogP contribution in [0.15, 0.2) is 65.2 Å². The molecular formula is C22H21N3O5. The number of hydrogen-bond acceptors (Lipinski definition) is 6. The van der Waals surface area contributed by atoms with Crippen LogP contribution in [-0.4, -0.2) is 42.5 Å². The molecule has 8 heteroatoms. The predicted octanol–water partition coefficient (Wildman–Crippen LogP) is 2.42. The lowest BCUT2D eigenvalue weighted by atomic mass is 10.1. The molecule has 2 N–H and O–H groups in total. The number of carbonyl (C=O) groups is 3. The minimum atomic E-state index is -0.696. The van der Waals surface area contributed by atoms with Crippen LogP contribution in [0.25, 0.3) is 22.8 Å². The second kappa shape index (κ2) is 10.0. The Bertz CT molecular complexity index is 1030. The maximum absolute atomic E-state index is 12.5. The van der Waals surface area contributed by atoms with Crippen molar-refractivity contribution in [3.05, 3.63) is 66.4 Å². The van der Waals surface area contributed by atoms with Crippen LogP contribution in [0.2, 0.25) is 0 Å². The number of oxazole rings is 1. The third kappa shape index (κ3) is 5.32. The maximum Gasteiger partial charge on any atom is 0.339 e. The molecule has 3 rings (SSSR count). The fourth-order valence-electron chi connectivity index (χ4n) is 2.68. The minimum absolute atomic E-state index is 0.181. The summed E-state index contributed by atoms with van der Waals surface area (Å²) in [5, 5.41) is 4.94. The molecule has 0 saturated carbocycles. The van der Waals surface area contributed by atoms with E-state index in [0.717, 1.165) is 5.56 Å². The summed E-state index contributed by atoms with van der Waals surface area (Å²) >= 11 is 0. The molecule has 30 heavy (non-hydrogen) atoms. The highest BCUT2D eigenvalue weighted by Crippen LogP contribution is 2.28. The number of hydrogen-bond donors (Lipinski definition) is 2. The number of nitrogens with one attached hydrogen (secondary N) is 2. The van der Waals surface area contributed by atoms with E-state index in [0.29, 0.717) is 17.9 Å². The molecule has 0 spiro atoms. The van der Waals surface area contributed by atoms with Gasteiger partial charge in [0.05, 0.1) is 23.9 Å². The van der Waals surface area contributed by atoms with Crippen molar-refractivity contribution in [2.75, 3.05) is 19.7 Å². The molecule has 1 heterocycles. The first-order chi connectivity index (χ1) is 14.6. The fraction of sp³-hybridized carbons (Fsp3) is 0.182. The average molecular weight is 407 g/mol. The number of carbonyl (C=O) groups excluding carboxylic acids is 3. The maximum atomic E-state index is 12.5. The van der Waals surface area contributed by atoms with E-state index in [2.05, 4.69) is 15.6 Å². The first kappa shape index (κ1) is 20.8. The summed E-state index contributed by atoms with van der Waals surface area (Å²) in [7, 11) is 0. The van der Waals surface area contributed by atoms with Crippen molar-refractivity contribution in [3.8, 4) is 22.8 Å². The second-order valence-corrected chi connectivity index (χ2v) is 6.25.